The molecule has 0 fully saturated rings. The van der Waals surface area contributed by atoms with Crippen LogP contribution in [-0.2, 0) is 4.79 Å². The number of methoxy groups -OCH3 is 1. The standard InChI is InChI=1S/C13H15ClF3NO3/c1-7-4-9(10(21-3)5-8(7)14)18-11(19)6-12(2,20)13(15,16)17/h4-5,20H,6H2,1-3H3,(H,18,19)/t12-/m0/s1. The van der Waals surface area contributed by atoms with Gasteiger partial charge < -0.3 is 15.2 Å². The number of benzene rings is 1. The van der Waals surface area contributed by atoms with E-state index in [2.05, 4.69) is 5.32 Å². The van der Waals surface area contributed by atoms with Crippen molar-refractivity contribution in [3.63, 3.8) is 0 Å². The minimum absolute atomic E-state index is 0.183. The molecular weight excluding hydrogens is 311 g/mol. The number of alkyl halides is 3. The summed E-state index contributed by atoms with van der Waals surface area (Å²) in [5, 5.41) is 12.0. The van der Waals surface area contributed by atoms with Crippen molar-refractivity contribution in [1.29, 1.82) is 0 Å². The monoisotopic (exact) mass is 325 g/mol. The Hall–Kier alpha value is -1.47. The molecule has 4 nitrogen and oxygen atoms in total. The van der Waals surface area contributed by atoms with Crippen LogP contribution >= 0.6 is 11.6 Å². The van der Waals surface area contributed by atoms with Gasteiger partial charge in [-0.2, -0.15) is 13.2 Å². The molecule has 0 aliphatic carbocycles. The lowest BCUT2D eigenvalue weighted by Crippen LogP contribution is -2.44. The average molecular weight is 326 g/mol. The predicted molar refractivity (Wildman–Crippen MR) is 72.7 cm³/mol. The zero-order valence-electron chi connectivity index (χ0n) is 11.6. The number of carbonyl (C=O) groups is 1. The Bertz CT molecular complexity index is 544. The number of ether oxygens (including phenoxy) is 1. The summed E-state index contributed by atoms with van der Waals surface area (Å²) < 4.78 is 42.6. The molecule has 2 N–H and O–H groups in total. The van der Waals surface area contributed by atoms with Gasteiger partial charge in [0.2, 0.25) is 5.91 Å². The molecule has 0 spiro atoms. The summed E-state index contributed by atoms with van der Waals surface area (Å²) in [5.41, 5.74) is -2.30. The first-order valence-corrected chi connectivity index (χ1v) is 6.29. The fourth-order valence-electron chi connectivity index (χ4n) is 1.54. The molecule has 1 rings (SSSR count). The highest BCUT2D eigenvalue weighted by Crippen LogP contribution is 2.34. The zero-order chi connectivity index (χ0) is 16.4. The first-order valence-electron chi connectivity index (χ1n) is 5.91. The van der Waals surface area contributed by atoms with E-state index < -0.39 is 24.1 Å². The topological polar surface area (TPSA) is 58.6 Å². The second-order valence-electron chi connectivity index (χ2n) is 4.80. The summed E-state index contributed by atoms with van der Waals surface area (Å²) in [6, 6.07) is 2.91. The fraction of sp³-hybridized carbons (Fsp3) is 0.462. The van der Waals surface area contributed by atoms with Gasteiger partial charge in [-0.05, 0) is 25.5 Å². The first-order chi connectivity index (χ1) is 9.48. The lowest BCUT2D eigenvalue weighted by Gasteiger charge is -2.25. The van der Waals surface area contributed by atoms with Crippen LogP contribution in [0, 0.1) is 6.92 Å². The maximum atomic E-state index is 12.5. The van der Waals surface area contributed by atoms with E-state index >= 15 is 0 Å². The minimum Gasteiger partial charge on any atom is -0.495 e. The van der Waals surface area contributed by atoms with Crippen LogP contribution in [0.4, 0.5) is 18.9 Å². The molecule has 0 saturated heterocycles. The Morgan fingerprint density at radius 1 is 1.43 bits per heavy atom. The highest BCUT2D eigenvalue weighted by Gasteiger charge is 2.51. The van der Waals surface area contributed by atoms with E-state index in [1.807, 2.05) is 0 Å². The number of hydrogen-bond donors (Lipinski definition) is 2. The molecule has 1 aromatic carbocycles. The van der Waals surface area contributed by atoms with Crippen LogP contribution in [0.2, 0.25) is 5.02 Å². The number of amides is 1. The van der Waals surface area contributed by atoms with Crippen molar-refractivity contribution in [2.75, 3.05) is 12.4 Å². The van der Waals surface area contributed by atoms with Gasteiger partial charge in [0.1, 0.15) is 5.75 Å². The Balaban J connectivity index is 2.92. The lowest BCUT2D eigenvalue weighted by atomic mass is 10.0. The summed E-state index contributed by atoms with van der Waals surface area (Å²) in [6.07, 6.45) is -6.02. The van der Waals surface area contributed by atoms with Gasteiger partial charge in [0.15, 0.2) is 5.60 Å². The molecule has 0 aromatic heterocycles. The van der Waals surface area contributed by atoms with Gasteiger partial charge in [-0.1, -0.05) is 11.6 Å². The van der Waals surface area contributed by atoms with Crippen molar-refractivity contribution in [2.45, 2.75) is 32.0 Å². The molecule has 0 unspecified atom stereocenters. The molecule has 1 aromatic rings. The quantitative estimate of drug-likeness (QED) is 0.893. The SMILES string of the molecule is COc1cc(Cl)c(C)cc1NC(=O)C[C@](C)(O)C(F)(F)F. The number of nitrogens with one attached hydrogen (secondary N) is 1. The van der Waals surface area contributed by atoms with Gasteiger partial charge in [-0.25, -0.2) is 0 Å². The third-order valence-corrected chi connectivity index (χ3v) is 3.28. The van der Waals surface area contributed by atoms with Gasteiger partial charge in [-0.3, -0.25) is 4.79 Å². The summed E-state index contributed by atoms with van der Waals surface area (Å²) in [4.78, 5) is 11.7. The Morgan fingerprint density at radius 3 is 2.48 bits per heavy atom. The second-order valence-corrected chi connectivity index (χ2v) is 5.21. The maximum Gasteiger partial charge on any atom is 0.417 e. The number of hydrogen-bond acceptors (Lipinski definition) is 3. The third kappa shape index (κ3) is 4.25. The normalized spacial score (nSPS) is 14.5. The van der Waals surface area contributed by atoms with Crippen molar-refractivity contribution in [1.82, 2.24) is 0 Å². The molecule has 0 bridgehead atoms. The summed E-state index contributed by atoms with van der Waals surface area (Å²) in [7, 11) is 1.34. The molecule has 0 saturated carbocycles. The van der Waals surface area contributed by atoms with Crippen LogP contribution in [-0.4, -0.2) is 29.9 Å². The van der Waals surface area contributed by atoms with Crippen LogP contribution < -0.4 is 10.1 Å². The molecule has 8 heteroatoms. The number of aliphatic hydroxyl groups is 1. The van der Waals surface area contributed by atoms with Crippen molar-refractivity contribution in [3.05, 3.63) is 22.7 Å². The van der Waals surface area contributed by atoms with Crippen molar-refractivity contribution >= 4 is 23.2 Å². The molecule has 1 atom stereocenters. The molecule has 118 valence electrons. The van der Waals surface area contributed by atoms with E-state index in [4.69, 9.17) is 16.3 Å². The van der Waals surface area contributed by atoms with Crippen LogP contribution in [0.25, 0.3) is 0 Å². The minimum atomic E-state index is -4.90. The van der Waals surface area contributed by atoms with Gasteiger partial charge >= 0.3 is 6.18 Å². The van der Waals surface area contributed by atoms with E-state index in [9.17, 15) is 23.1 Å². The van der Waals surface area contributed by atoms with E-state index in [-0.39, 0.29) is 11.4 Å². The number of aryl methyl sites for hydroxylation is 1. The summed E-state index contributed by atoms with van der Waals surface area (Å²) in [5.74, 6) is -0.775. The Labute approximate surface area is 124 Å². The van der Waals surface area contributed by atoms with E-state index in [1.54, 1.807) is 6.92 Å². The van der Waals surface area contributed by atoms with E-state index in [1.165, 1.54) is 19.2 Å². The number of anilines is 1. The van der Waals surface area contributed by atoms with Crippen molar-refractivity contribution in [2.24, 2.45) is 0 Å². The predicted octanol–water partition coefficient (Wildman–Crippen LogP) is 3.30. The molecular formula is C13H15ClF3NO3. The molecule has 0 radical (unpaired) electrons. The fourth-order valence-corrected chi connectivity index (χ4v) is 1.69. The largest absolute Gasteiger partial charge is 0.495 e. The van der Waals surface area contributed by atoms with E-state index in [0.29, 0.717) is 17.5 Å². The lowest BCUT2D eigenvalue weighted by molar-refractivity contribution is -0.252. The highest BCUT2D eigenvalue weighted by molar-refractivity contribution is 6.31. The van der Waals surface area contributed by atoms with Crippen LogP contribution in [0.3, 0.4) is 0 Å². The number of rotatable bonds is 4. The van der Waals surface area contributed by atoms with E-state index in [0.717, 1.165) is 0 Å². The Morgan fingerprint density at radius 2 is 2.00 bits per heavy atom. The number of carbonyl (C=O) groups excluding carboxylic acids is 1. The maximum absolute atomic E-state index is 12.5. The van der Waals surface area contributed by atoms with Gasteiger partial charge in [0.25, 0.3) is 0 Å². The van der Waals surface area contributed by atoms with Gasteiger partial charge in [-0.15, -0.1) is 0 Å². The Kier molecular flexibility index (Phi) is 5.11. The van der Waals surface area contributed by atoms with Crippen molar-refractivity contribution < 1.29 is 27.8 Å². The van der Waals surface area contributed by atoms with Crippen LogP contribution in [0.15, 0.2) is 12.1 Å². The molecule has 0 aliphatic heterocycles. The molecule has 21 heavy (non-hydrogen) atoms. The number of halogens is 4. The highest BCUT2D eigenvalue weighted by atomic mass is 35.5. The molecule has 0 heterocycles. The van der Waals surface area contributed by atoms with Crippen LogP contribution in [0.1, 0.15) is 18.9 Å². The van der Waals surface area contributed by atoms with Crippen molar-refractivity contribution in [3.8, 4) is 5.75 Å². The zero-order valence-corrected chi connectivity index (χ0v) is 12.4. The first kappa shape index (κ1) is 17.6. The molecule has 1 amide bonds. The smallest absolute Gasteiger partial charge is 0.417 e. The second kappa shape index (κ2) is 6.11. The van der Waals surface area contributed by atoms with Gasteiger partial charge in [0.05, 0.1) is 19.2 Å². The van der Waals surface area contributed by atoms with Gasteiger partial charge in [0, 0.05) is 11.1 Å². The third-order valence-electron chi connectivity index (χ3n) is 2.87. The molecule has 0 aliphatic rings. The summed E-state index contributed by atoms with van der Waals surface area (Å²) >= 11 is 5.89. The van der Waals surface area contributed by atoms with Crippen LogP contribution in [0.5, 0.6) is 5.75 Å². The average Bonchev–Trinajstić information content (AvgIpc) is 2.31. The summed E-state index contributed by atoms with van der Waals surface area (Å²) in [6.45, 7) is 2.21.